The number of nitrogens with zero attached hydrogens (tertiary/aromatic N) is 3. The Balaban J connectivity index is 1.36. The fraction of sp³-hybridized carbons (Fsp3) is 0.343. The van der Waals surface area contributed by atoms with Gasteiger partial charge in [0, 0.05) is 60.6 Å². The zero-order chi connectivity index (χ0) is 33.0. The van der Waals surface area contributed by atoms with Crippen LogP contribution in [-0.4, -0.2) is 76.2 Å². The maximum Gasteiger partial charge on any atom is 0.321 e. The second-order valence-corrected chi connectivity index (χ2v) is 12.0. The molecule has 0 unspecified atom stereocenters. The quantitative estimate of drug-likeness (QED) is 0.259. The van der Waals surface area contributed by atoms with Gasteiger partial charge >= 0.3 is 6.03 Å². The van der Waals surface area contributed by atoms with Crippen LogP contribution in [0.3, 0.4) is 0 Å². The Hall–Kier alpha value is -4.90. The molecule has 0 radical (unpaired) electrons. The van der Waals surface area contributed by atoms with Crippen LogP contribution in [0.5, 0.6) is 5.75 Å². The number of nitrogens with one attached hydrogen (secondary N) is 2. The van der Waals surface area contributed by atoms with Gasteiger partial charge < -0.3 is 34.8 Å². The number of fused-ring (bicyclic) bond motifs is 2. The minimum atomic E-state index is -0.520. The van der Waals surface area contributed by atoms with Crippen molar-refractivity contribution in [3.63, 3.8) is 0 Å². The molecule has 3 N–H and O–H groups in total. The van der Waals surface area contributed by atoms with Crippen molar-refractivity contribution in [3.8, 4) is 5.75 Å². The number of benzene rings is 3. The van der Waals surface area contributed by atoms with Crippen LogP contribution in [0.1, 0.15) is 25.0 Å². The van der Waals surface area contributed by atoms with Crippen LogP contribution in [0.4, 0.5) is 20.6 Å². The highest BCUT2D eigenvalue weighted by molar-refractivity contribution is 5.96. The molecule has 11 heteroatoms. The largest absolute Gasteiger partial charge is 0.488 e. The number of aromatic nitrogens is 1. The molecule has 1 aromatic heterocycles. The number of rotatable bonds is 8. The van der Waals surface area contributed by atoms with Crippen LogP contribution < -0.4 is 15.4 Å². The van der Waals surface area contributed by atoms with Crippen molar-refractivity contribution in [3.05, 3.63) is 89.9 Å². The van der Waals surface area contributed by atoms with Gasteiger partial charge in [0.25, 0.3) is 0 Å². The first-order valence-corrected chi connectivity index (χ1v) is 15.3. The van der Waals surface area contributed by atoms with Gasteiger partial charge in [0.2, 0.25) is 11.8 Å². The van der Waals surface area contributed by atoms with Gasteiger partial charge in [-0.2, -0.15) is 0 Å². The molecule has 0 fully saturated rings. The molecule has 3 atom stereocenters. The van der Waals surface area contributed by atoms with Crippen LogP contribution in [0.15, 0.2) is 72.9 Å². The smallest absolute Gasteiger partial charge is 0.321 e. The molecule has 1 aliphatic heterocycles. The highest BCUT2D eigenvalue weighted by atomic mass is 19.1. The lowest BCUT2D eigenvalue weighted by Gasteiger charge is -2.34. The number of hydrogen-bond acceptors (Lipinski definition) is 5. The summed E-state index contributed by atoms with van der Waals surface area (Å²) in [6.45, 7) is 4.01. The normalized spacial score (nSPS) is 17.3. The number of carbonyl (C=O) groups is 3. The fourth-order valence-electron chi connectivity index (χ4n) is 5.77. The number of aryl methyl sites for hydroxylation is 1. The molecule has 1 aliphatic rings. The van der Waals surface area contributed by atoms with Gasteiger partial charge in [-0.25, -0.2) is 9.18 Å². The van der Waals surface area contributed by atoms with Crippen LogP contribution in [0.2, 0.25) is 0 Å². The van der Waals surface area contributed by atoms with Crippen LogP contribution in [0, 0.1) is 11.7 Å². The Morgan fingerprint density at radius 1 is 1.09 bits per heavy atom. The number of likely N-dealkylation sites (N-methyl/N-ethyl adjacent to an activating group) is 1. The Bertz CT molecular complexity index is 1720. The third-order valence-corrected chi connectivity index (χ3v) is 8.43. The van der Waals surface area contributed by atoms with Gasteiger partial charge in [-0.05, 0) is 61.0 Å². The standard InChI is InChI=1S/C35H40FN5O5/c1-22-18-41(23(2)21-42)34(44)17-24-15-28(37-33(43)16-25-19-39(3)30-8-6-5-7-29(25)30)13-14-31(24)46-32(22)20-40(4)35(45)38-27-11-9-26(36)10-12-27/h5-15,19,22-23,32,42H,16-18,20-21H2,1-4H3,(H,37,43)(H,38,45)/t22-,23-,32+/m1/s1. The molecule has 2 heterocycles. The van der Waals surface area contributed by atoms with E-state index in [4.69, 9.17) is 4.74 Å². The van der Waals surface area contributed by atoms with Crippen molar-refractivity contribution >= 4 is 40.1 Å². The van der Waals surface area contributed by atoms with Crippen molar-refractivity contribution in [2.75, 3.05) is 37.4 Å². The first-order valence-electron chi connectivity index (χ1n) is 15.3. The molecule has 5 rings (SSSR count). The Kier molecular flexibility index (Phi) is 9.91. The summed E-state index contributed by atoms with van der Waals surface area (Å²) >= 11 is 0. The monoisotopic (exact) mass is 629 g/mol. The number of carbonyl (C=O) groups excluding carboxylic acids is 3. The number of amides is 4. The van der Waals surface area contributed by atoms with E-state index in [1.807, 2.05) is 49.0 Å². The Morgan fingerprint density at radius 3 is 2.54 bits per heavy atom. The lowest BCUT2D eigenvalue weighted by Crippen LogP contribution is -2.48. The molecule has 0 spiro atoms. The van der Waals surface area contributed by atoms with Gasteiger partial charge in [0.1, 0.15) is 17.7 Å². The number of hydrogen-bond donors (Lipinski definition) is 3. The summed E-state index contributed by atoms with van der Waals surface area (Å²) in [7, 11) is 3.58. The minimum Gasteiger partial charge on any atom is -0.488 e. The van der Waals surface area contributed by atoms with Crippen molar-refractivity contribution in [1.29, 1.82) is 0 Å². The highest BCUT2D eigenvalue weighted by Crippen LogP contribution is 2.30. The third kappa shape index (κ3) is 7.48. The number of aliphatic hydroxyl groups excluding tert-OH is 1. The van der Waals surface area contributed by atoms with E-state index >= 15 is 0 Å². The predicted molar refractivity (Wildman–Crippen MR) is 175 cm³/mol. The average molecular weight is 630 g/mol. The molecule has 0 saturated heterocycles. The van der Waals surface area contributed by atoms with E-state index in [0.717, 1.165) is 16.5 Å². The molecule has 4 amide bonds. The van der Waals surface area contributed by atoms with Gasteiger partial charge in [-0.15, -0.1) is 0 Å². The van der Waals surface area contributed by atoms with Crippen molar-refractivity contribution in [2.24, 2.45) is 13.0 Å². The van der Waals surface area contributed by atoms with E-state index in [0.29, 0.717) is 29.2 Å². The molecule has 0 bridgehead atoms. The highest BCUT2D eigenvalue weighted by Gasteiger charge is 2.32. The average Bonchev–Trinajstić information content (AvgIpc) is 3.36. The van der Waals surface area contributed by atoms with Crippen LogP contribution >= 0.6 is 0 Å². The summed E-state index contributed by atoms with van der Waals surface area (Å²) in [5.41, 5.74) is 3.52. The minimum absolute atomic E-state index is 0.00698. The van der Waals surface area contributed by atoms with Crippen LogP contribution in [-0.2, 0) is 29.5 Å². The van der Waals surface area contributed by atoms with Gasteiger partial charge in [-0.1, -0.05) is 25.1 Å². The molecule has 46 heavy (non-hydrogen) atoms. The van der Waals surface area contributed by atoms with Gasteiger partial charge in [0.05, 0.1) is 32.0 Å². The van der Waals surface area contributed by atoms with Crippen molar-refractivity contribution < 1.29 is 28.6 Å². The third-order valence-electron chi connectivity index (χ3n) is 8.43. The van der Waals surface area contributed by atoms with E-state index in [-0.39, 0.29) is 43.7 Å². The number of aliphatic hydroxyl groups is 1. The van der Waals surface area contributed by atoms with Crippen LogP contribution in [0.25, 0.3) is 10.9 Å². The van der Waals surface area contributed by atoms with E-state index in [1.54, 1.807) is 37.1 Å². The second-order valence-electron chi connectivity index (χ2n) is 12.0. The molecule has 0 aliphatic carbocycles. The summed E-state index contributed by atoms with van der Waals surface area (Å²) in [5.74, 6) is -0.516. The van der Waals surface area contributed by atoms with E-state index in [1.165, 1.54) is 29.2 Å². The van der Waals surface area contributed by atoms with Crippen molar-refractivity contribution in [2.45, 2.75) is 38.8 Å². The summed E-state index contributed by atoms with van der Waals surface area (Å²) in [4.78, 5) is 42.8. The molecule has 242 valence electrons. The first-order chi connectivity index (χ1) is 22.0. The van der Waals surface area contributed by atoms with Crippen molar-refractivity contribution in [1.82, 2.24) is 14.4 Å². The van der Waals surface area contributed by atoms with E-state index < -0.39 is 24.0 Å². The van der Waals surface area contributed by atoms with E-state index in [2.05, 4.69) is 10.6 Å². The number of halogens is 1. The summed E-state index contributed by atoms with van der Waals surface area (Å²) < 4.78 is 21.8. The zero-order valence-electron chi connectivity index (χ0n) is 26.5. The molecular weight excluding hydrogens is 589 g/mol. The molecule has 10 nitrogen and oxygen atoms in total. The van der Waals surface area contributed by atoms with E-state index in [9.17, 15) is 23.9 Å². The number of urea groups is 1. The summed E-state index contributed by atoms with van der Waals surface area (Å²) in [6, 6.07) is 17.8. The molecule has 4 aromatic rings. The number of para-hydroxylation sites is 1. The Labute approximate surface area is 267 Å². The topological polar surface area (TPSA) is 116 Å². The maximum absolute atomic E-state index is 13.6. The summed E-state index contributed by atoms with van der Waals surface area (Å²) in [5, 5.41) is 16.7. The predicted octanol–water partition coefficient (Wildman–Crippen LogP) is 4.81. The van der Waals surface area contributed by atoms with Gasteiger partial charge in [0.15, 0.2) is 0 Å². The molecular formula is C35H40FN5O5. The lowest BCUT2D eigenvalue weighted by atomic mass is 10.0. The number of anilines is 2. The second kappa shape index (κ2) is 14.0. The first kappa shape index (κ1) is 32.5. The zero-order valence-corrected chi connectivity index (χ0v) is 26.5. The maximum atomic E-state index is 13.6. The molecule has 0 saturated carbocycles. The lowest BCUT2D eigenvalue weighted by molar-refractivity contribution is -0.134. The number of ether oxygens (including phenoxy) is 1. The Morgan fingerprint density at radius 2 is 1.80 bits per heavy atom. The summed E-state index contributed by atoms with van der Waals surface area (Å²) in [6.07, 6.45) is 1.62. The molecule has 3 aromatic carbocycles. The SMILES string of the molecule is C[C@@H]1CN([C@H](C)CO)C(=O)Cc2cc(NC(=O)Cc3cn(C)c4ccccc34)ccc2O[C@H]1CN(C)C(=O)Nc1ccc(F)cc1. The fourth-order valence-corrected chi connectivity index (χ4v) is 5.77. The van der Waals surface area contributed by atoms with Gasteiger partial charge in [-0.3, -0.25) is 9.59 Å².